The molecule has 126 valence electrons. The van der Waals surface area contributed by atoms with Crippen LogP contribution in [0.25, 0.3) is 0 Å². The van der Waals surface area contributed by atoms with Crippen molar-refractivity contribution in [2.75, 3.05) is 18.0 Å². The van der Waals surface area contributed by atoms with Crippen LogP contribution in [-0.2, 0) is 16.8 Å². The lowest BCUT2D eigenvalue weighted by Crippen LogP contribution is -2.44. The summed E-state index contributed by atoms with van der Waals surface area (Å²) >= 11 is 6.15. The molecule has 1 aliphatic heterocycles. The second-order valence-corrected chi connectivity index (χ2v) is 6.93. The zero-order valence-electron chi connectivity index (χ0n) is 13.8. The highest BCUT2D eigenvalue weighted by atomic mass is 35.5. The van der Waals surface area contributed by atoms with Crippen LogP contribution in [0.15, 0.2) is 42.5 Å². The number of carbonyl (C=O) groups excluding carboxylic acids is 1. The number of hydrogen-bond acceptors (Lipinski definition) is 2. The lowest BCUT2D eigenvalue weighted by Gasteiger charge is -2.29. The van der Waals surface area contributed by atoms with Gasteiger partial charge in [-0.15, -0.1) is 0 Å². The first-order chi connectivity index (χ1) is 11.4. The third-order valence-electron chi connectivity index (χ3n) is 4.47. The Kier molecular flexibility index (Phi) is 4.61. The molecule has 0 saturated carbocycles. The van der Waals surface area contributed by atoms with Gasteiger partial charge in [0.1, 0.15) is 5.82 Å². The van der Waals surface area contributed by atoms with Gasteiger partial charge in [0, 0.05) is 22.8 Å². The number of rotatable bonds is 4. The fraction of sp³-hybridized carbons (Fsp3) is 0.316. The summed E-state index contributed by atoms with van der Waals surface area (Å²) in [6.45, 7) is 4.75. The van der Waals surface area contributed by atoms with E-state index in [9.17, 15) is 9.18 Å². The number of nitrogens with one attached hydrogen (secondary N) is 1. The molecule has 1 amide bonds. The summed E-state index contributed by atoms with van der Waals surface area (Å²) in [6.07, 6.45) is 0.884. The highest BCUT2D eigenvalue weighted by molar-refractivity contribution is 6.31. The molecule has 0 radical (unpaired) electrons. The predicted molar refractivity (Wildman–Crippen MR) is 94.9 cm³/mol. The Bertz CT molecular complexity index is 776. The van der Waals surface area contributed by atoms with Gasteiger partial charge in [0.2, 0.25) is 5.91 Å². The van der Waals surface area contributed by atoms with Crippen LogP contribution in [0.2, 0.25) is 5.02 Å². The van der Waals surface area contributed by atoms with E-state index in [2.05, 4.69) is 11.4 Å². The zero-order chi connectivity index (χ0) is 17.3. The maximum Gasteiger partial charge on any atom is 0.240 e. The Labute approximate surface area is 146 Å². The van der Waals surface area contributed by atoms with Gasteiger partial charge in [0.25, 0.3) is 0 Å². The Morgan fingerprint density at radius 2 is 2.04 bits per heavy atom. The van der Waals surface area contributed by atoms with Crippen LogP contribution in [0, 0.1) is 5.82 Å². The minimum absolute atomic E-state index is 0.0197. The summed E-state index contributed by atoms with van der Waals surface area (Å²) in [6, 6.07) is 12.3. The van der Waals surface area contributed by atoms with Crippen molar-refractivity contribution in [1.82, 2.24) is 5.32 Å². The second-order valence-electron chi connectivity index (χ2n) is 6.53. The summed E-state index contributed by atoms with van der Waals surface area (Å²) < 4.78 is 13.2. The summed E-state index contributed by atoms with van der Waals surface area (Å²) in [7, 11) is 0. The highest BCUT2D eigenvalue weighted by Gasteiger charge is 2.28. The van der Waals surface area contributed by atoms with Gasteiger partial charge < -0.3 is 4.90 Å². The van der Waals surface area contributed by atoms with Gasteiger partial charge in [0.05, 0.1) is 6.54 Å². The second kappa shape index (κ2) is 6.54. The monoisotopic (exact) mass is 346 g/mol. The van der Waals surface area contributed by atoms with E-state index < -0.39 is 5.54 Å². The fourth-order valence-electron chi connectivity index (χ4n) is 3.08. The Morgan fingerprint density at radius 3 is 2.79 bits per heavy atom. The maximum atomic E-state index is 13.2. The van der Waals surface area contributed by atoms with E-state index in [1.807, 2.05) is 36.9 Å². The van der Waals surface area contributed by atoms with Gasteiger partial charge in [-0.3, -0.25) is 10.1 Å². The first kappa shape index (κ1) is 16.9. The van der Waals surface area contributed by atoms with Gasteiger partial charge in [-0.2, -0.15) is 0 Å². The molecule has 2 aromatic rings. The molecule has 24 heavy (non-hydrogen) atoms. The van der Waals surface area contributed by atoms with E-state index in [0.29, 0.717) is 11.6 Å². The molecule has 0 unspecified atom stereocenters. The van der Waals surface area contributed by atoms with Crippen LogP contribution in [0.3, 0.4) is 0 Å². The SMILES string of the molecule is CC(C)(NCC(=O)N1CCc2ccccc21)c1ccc(F)cc1Cl. The topological polar surface area (TPSA) is 32.3 Å². The van der Waals surface area contributed by atoms with Crippen LogP contribution in [0.4, 0.5) is 10.1 Å². The van der Waals surface area contributed by atoms with Crippen LogP contribution >= 0.6 is 11.6 Å². The van der Waals surface area contributed by atoms with E-state index in [-0.39, 0.29) is 18.3 Å². The molecular formula is C19H20ClFN2O. The van der Waals surface area contributed by atoms with Gasteiger partial charge in [-0.05, 0) is 49.6 Å². The van der Waals surface area contributed by atoms with Gasteiger partial charge >= 0.3 is 0 Å². The molecule has 2 aromatic carbocycles. The molecule has 1 heterocycles. The number of fused-ring (bicyclic) bond motifs is 1. The van der Waals surface area contributed by atoms with Crippen molar-refractivity contribution in [3.8, 4) is 0 Å². The molecule has 0 aromatic heterocycles. The van der Waals surface area contributed by atoms with Crippen LogP contribution in [0.1, 0.15) is 25.0 Å². The summed E-state index contributed by atoms with van der Waals surface area (Å²) in [4.78, 5) is 14.4. The van der Waals surface area contributed by atoms with Crippen molar-refractivity contribution in [1.29, 1.82) is 0 Å². The van der Waals surface area contributed by atoms with Crippen molar-refractivity contribution in [3.63, 3.8) is 0 Å². The zero-order valence-corrected chi connectivity index (χ0v) is 14.5. The smallest absolute Gasteiger partial charge is 0.240 e. The van der Waals surface area contributed by atoms with Crippen LogP contribution < -0.4 is 10.2 Å². The first-order valence-electron chi connectivity index (χ1n) is 7.97. The molecule has 0 bridgehead atoms. The van der Waals surface area contributed by atoms with Crippen LogP contribution in [-0.4, -0.2) is 19.0 Å². The minimum Gasteiger partial charge on any atom is -0.311 e. The highest BCUT2D eigenvalue weighted by Crippen LogP contribution is 2.29. The fourth-order valence-corrected chi connectivity index (χ4v) is 3.48. The standard InChI is InChI=1S/C19H20ClFN2O/c1-19(2,15-8-7-14(21)11-16(15)20)22-12-18(24)23-10-9-13-5-3-4-6-17(13)23/h3-8,11,22H,9-10,12H2,1-2H3. The number of hydrogen-bond donors (Lipinski definition) is 1. The Balaban J connectivity index is 1.70. The van der Waals surface area contributed by atoms with E-state index >= 15 is 0 Å². The largest absolute Gasteiger partial charge is 0.311 e. The number of benzene rings is 2. The quantitative estimate of drug-likeness (QED) is 0.910. The molecule has 0 atom stereocenters. The minimum atomic E-state index is -0.542. The molecule has 0 spiro atoms. The van der Waals surface area contributed by atoms with Gasteiger partial charge in [0.15, 0.2) is 0 Å². The first-order valence-corrected chi connectivity index (χ1v) is 8.35. The average molecular weight is 347 g/mol. The number of nitrogens with zero attached hydrogens (tertiary/aromatic N) is 1. The Morgan fingerprint density at radius 1 is 1.29 bits per heavy atom. The summed E-state index contributed by atoms with van der Waals surface area (Å²) in [5.41, 5.74) is 2.41. The molecule has 1 aliphatic rings. The van der Waals surface area contributed by atoms with E-state index in [1.165, 1.54) is 17.7 Å². The molecular weight excluding hydrogens is 327 g/mol. The van der Waals surface area contributed by atoms with Crippen molar-refractivity contribution in [2.24, 2.45) is 0 Å². The number of amides is 1. The van der Waals surface area contributed by atoms with Crippen molar-refractivity contribution in [3.05, 3.63) is 64.4 Å². The molecule has 0 aliphatic carbocycles. The van der Waals surface area contributed by atoms with Gasteiger partial charge in [-0.25, -0.2) is 4.39 Å². The van der Waals surface area contributed by atoms with Crippen molar-refractivity contribution < 1.29 is 9.18 Å². The normalized spacial score (nSPS) is 13.9. The number of halogens is 2. The summed E-state index contributed by atoms with van der Waals surface area (Å²) in [5, 5.41) is 3.60. The summed E-state index contributed by atoms with van der Waals surface area (Å²) in [5.74, 6) is -0.351. The molecule has 3 rings (SSSR count). The average Bonchev–Trinajstić information content (AvgIpc) is 2.96. The maximum absolute atomic E-state index is 13.2. The van der Waals surface area contributed by atoms with Crippen LogP contribution in [0.5, 0.6) is 0 Å². The molecule has 3 nitrogen and oxygen atoms in total. The lowest BCUT2D eigenvalue weighted by molar-refractivity contribution is -0.118. The van der Waals surface area contributed by atoms with E-state index in [1.54, 1.807) is 6.07 Å². The number of anilines is 1. The molecule has 0 fully saturated rings. The third-order valence-corrected chi connectivity index (χ3v) is 4.79. The third kappa shape index (κ3) is 3.30. The lowest BCUT2D eigenvalue weighted by atomic mass is 9.94. The Hall–Kier alpha value is -1.91. The number of carbonyl (C=O) groups is 1. The molecule has 5 heteroatoms. The van der Waals surface area contributed by atoms with Crippen molar-refractivity contribution in [2.45, 2.75) is 25.8 Å². The molecule has 1 N–H and O–H groups in total. The van der Waals surface area contributed by atoms with E-state index in [0.717, 1.165) is 17.7 Å². The van der Waals surface area contributed by atoms with Gasteiger partial charge in [-0.1, -0.05) is 35.9 Å². The number of para-hydroxylation sites is 1. The molecule has 0 saturated heterocycles. The predicted octanol–water partition coefficient (Wildman–Crippen LogP) is 3.89. The van der Waals surface area contributed by atoms with E-state index in [4.69, 9.17) is 11.6 Å². The van der Waals surface area contributed by atoms with Crippen molar-refractivity contribution >= 4 is 23.2 Å².